The molecule has 0 aliphatic carbocycles. The Morgan fingerprint density at radius 2 is 1.56 bits per heavy atom. The van der Waals surface area contributed by atoms with Gasteiger partial charge in [-0.1, -0.05) is 18.2 Å². The van der Waals surface area contributed by atoms with Gasteiger partial charge in [0.15, 0.2) is 0 Å². The number of para-hydroxylation sites is 2. The molecule has 0 bridgehead atoms. The van der Waals surface area contributed by atoms with E-state index in [-0.39, 0.29) is 12.6 Å². The highest BCUT2D eigenvalue weighted by molar-refractivity contribution is 5.81. The van der Waals surface area contributed by atoms with Gasteiger partial charge in [-0.3, -0.25) is 14.3 Å². The van der Waals surface area contributed by atoms with E-state index >= 15 is 0 Å². The summed E-state index contributed by atoms with van der Waals surface area (Å²) in [6.07, 6.45) is -7.70. The number of amides is 1. The van der Waals surface area contributed by atoms with Gasteiger partial charge in [0.25, 0.3) is 0 Å². The van der Waals surface area contributed by atoms with E-state index in [0.29, 0.717) is 41.4 Å². The largest absolute Gasteiger partial charge is 0.494 e. The number of halogens is 6. The first-order valence-electron chi connectivity index (χ1n) is 14.0. The molecule has 3 aromatic carbocycles. The van der Waals surface area contributed by atoms with Gasteiger partial charge in [0.1, 0.15) is 11.6 Å². The van der Waals surface area contributed by atoms with E-state index in [4.69, 9.17) is 9.72 Å². The van der Waals surface area contributed by atoms with Crippen molar-refractivity contribution in [1.82, 2.24) is 19.4 Å². The number of nitrogens with zero attached hydrogens (tertiary/aromatic N) is 4. The molecule has 5 aromatic rings. The second kappa shape index (κ2) is 12.6. The molecule has 0 saturated carbocycles. The number of alkyl halides is 6. The second-order valence-electron chi connectivity index (χ2n) is 10.4. The van der Waals surface area contributed by atoms with Crippen LogP contribution in [0.3, 0.4) is 0 Å². The van der Waals surface area contributed by atoms with Crippen molar-refractivity contribution in [3.05, 3.63) is 119 Å². The van der Waals surface area contributed by atoms with Crippen molar-refractivity contribution in [2.45, 2.75) is 45.2 Å². The number of fused-ring (bicyclic) bond motifs is 1. The molecular formula is C33H28F6N4O2. The highest BCUT2D eigenvalue weighted by Gasteiger charge is 2.37. The van der Waals surface area contributed by atoms with Gasteiger partial charge in [-0.05, 0) is 85.6 Å². The number of carbonyl (C=O) groups is 1. The molecule has 0 spiro atoms. The quantitative estimate of drug-likeness (QED) is 0.155. The van der Waals surface area contributed by atoms with E-state index in [1.807, 2.05) is 47.9 Å². The summed E-state index contributed by atoms with van der Waals surface area (Å²) in [5, 5.41) is 0. The molecular weight excluding hydrogens is 598 g/mol. The van der Waals surface area contributed by atoms with E-state index in [0.717, 1.165) is 11.2 Å². The van der Waals surface area contributed by atoms with Crippen LogP contribution < -0.4 is 4.74 Å². The highest BCUT2D eigenvalue weighted by Crippen LogP contribution is 2.37. The summed E-state index contributed by atoms with van der Waals surface area (Å²) in [5.74, 6) is 0.412. The maximum Gasteiger partial charge on any atom is 0.416 e. The van der Waals surface area contributed by atoms with Gasteiger partial charge in [0.2, 0.25) is 5.91 Å². The fourth-order valence-electron chi connectivity index (χ4n) is 5.12. The number of hydrogen-bond acceptors (Lipinski definition) is 4. The average molecular weight is 627 g/mol. The third-order valence-electron chi connectivity index (χ3n) is 7.23. The second-order valence-corrected chi connectivity index (χ2v) is 10.4. The van der Waals surface area contributed by atoms with Gasteiger partial charge in [0, 0.05) is 24.6 Å². The fourth-order valence-corrected chi connectivity index (χ4v) is 5.12. The third kappa shape index (κ3) is 7.11. The fraction of sp³-hybridized carbons (Fsp3) is 0.242. The molecule has 1 unspecified atom stereocenters. The van der Waals surface area contributed by atoms with E-state index < -0.39 is 47.4 Å². The molecule has 0 aliphatic heterocycles. The van der Waals surface area contributed by atoms with Crippen LogP contribution in [0.4, 0.5) is 26.3 Å². The number of rotatable bonds is 9. The lowest BCUT2D eigenvalue weighted by Crippen LogP contribution is -2.35. The lowest BCUT2D eigenvalue weighted by molar-refractivity contribution is -0.143. The lowest BCUT2D eigenvalue weighted by Gasteiger charge is -2.30. The number of hydrogen-bond donors (Lipinski definition) is 0. The number of aromatic nitrogens is 3. The van der Waals surface area contributed by atoms with Crippen LogP contribution in [0, 0.1) is 0 Å². The van der Waals surface area contributed by atoms with Crippen LogP contribution >= 0.6 is 0 Å². The molecule has 0 N–H and O–H groups in total. The molecule has 1 atom stereocenters. The monoisotopic (exact) mass is 626 g/mol. The maximum atomic E-state index is 13.9. The molecule has 234 valence electrons. The minimum absolute atomic E-state index is 0.0224. The summed E-state index contributed by atoms with van der Waals surface area (Å²) in [6.45, 7) is 4.05. The Morgan fingerprint density at radius 1 is 0.889 bits per heavy atom. The molecule has 2 aromatic heterocycles. The number of benzene rings is 3. The van der Waals surface area contributed by atoms with Crippen LogP contribution in [0.2, 0.25) is 0 Å². The van der Waals surface area contributed by atoms with Gasteiger partial charge in [-0.15, -0.1) is 0 Å². The Bertz CT molecular complexity index is 1750. The SMILES string of the molecule is CCOc1ccc(-n2c(C(C)N(Cc3cccnc3)C(=O)Cc3cc(C(F)(F)F)cc(C(F)(F)F)c3)nc3ccccc32)cc1. The Kier molecular flexibility index (Phi) is 8.85. The first kappa shape index (κ1) is 31.6. The normalized spacial score (nSPS) is 12.7. The minimum Gasteiger partial charge on any atom is -0.494 e. The van der Waals surface area contributed by atoms with Crippen molar-refractivity contribution < 1.29 is 35.9 Å². The Labute approximate surface area is 254 Å². The summed E-state index contributed by atoms with van der Waals surface area (Å²) in [5.41, 5.74) is -0.671. The molecule has 1 amide bonds. The first-order valence-corrected chi connectivity index (χ1v) is 14.0. The molecule has 0 saturated heterocycles. The molecule has 0 radical (unpaired) electrons. The summed E-state index contributed by atoms with van der Waals surface area (Å²) in [7, 11) is 0. The summed E-state index contributed by atoms with van der Waals surface area (Å²) >= 11 is 0. The van der Waals surface area contributed by atoms with Crippen LogP contribution in [-0.4, -0.2) is 31.9 Å². The molecule has 45 heavy (non-hydrogen) atoms. The van der Waals surface area contributed by atoms with Crippen molar-refractivity contribution >= 4 is 16.9 Å². The predicted octanol–water partition coefficient (Wildman–Crippen LogP) is 8.19. The number of carbonyl (C=O) groups excluding carboxylic acids is 1. The van der Waals surface area contributed by atoms with Crippen LogP contribution in [0.1, 0.15) is 48.0 Å². The highest BCUT2D eigenvalue weighted by atomic mass is 19.4. The number of imidazole rings is 1. The van der Waals surface area contributed by atoms with E-state index in [1.54, 1.807) is 37.4 Å². The molecule has 0 fully saturated rings. The van der Waals surface area contributed by atoms with Gasteiger partial charge in [-0.2, -0.15) is 26.3 Å². The van der Waals surface area contributed by atoms with Crippen molar-refractivity contribution in [1.29, 1.82) is 0 Å². The standard InChI is InChI=1S/C33H28F6N4O2/c1-3-45-27-12-10-26(11-13-27)43-29-9-5-4-8-28(29)41-31(43)21(2)42(20-22-7-6-14-40-19-22)30(44)17-23-15-24(32(34,35)36)18-25(16-23)33(37,38)39/h4-16,18-19,21H,3,17,20H2,1-2H3. The summed E-state index contributed by atoms with van der Waals surface area (Å²) < 4.78 is 88.8. The Morgan fingerprint density at radius 3 is 2.16 bits per heavy atom. The van der Waals surface area contributed by atoms with Crippen LogP contribution in [-0.2, 0) is 30.1 Å². The van der Waals surface area contributed by atoms with Gasteiger partial charge in [-0.25, -0.2) is 4.98 Å². The van der Waals surface area contributed by atoms with Crippen molar-refractivity contribution in [3.8, 4) is 11.4 Å². The number of pyridine rings is 1. The molecule has 6 nitrogen and oxygen atoms in total. The van der Waals surface area contributed by atoms with E-state index in [9.17, 15) is 31.1 Å². The molecule has 2 heterocycles. The summed E-state index contributed by atoms with van der Waals surface area (Å²) in [6, 6.07) is 18.4. The van der Waals surface area contributed by atoms with Gasteiger partial charge >= 0.3 is 12.4 Å². The zero-order chi connectivity index (χ0) is 32.4. The van der Waals surface area contributed by atoms with Crippen LogP contribution in [0.5, 0.6) is 5.75 Å². The van der Waals surface area contributed by atoms with Crippen molar-refractivity contribution in [2.75, 3.05) is 6.61 Å². The number of ether oxygens (including phenoxy) is 1. The molecule has 12 heteroatoms. The molecule has 5 rings (SSSR count). The van der Waals surface area contributed by atoms with Crippen LogP contribution in [0.25, 0.3) is 16.7 Å². The predicted molar refractivity (Wildman–Crippen MR) is 156 cm³/mol. The Balaban J connectivity index is 1.58. The average Bonchev–Trinajstić information content (AvgIpc) is 3.39. The van der Waals surface area contributed by atoms with E-state index in [2.05, 4.69) is 4.98 Å². The maximum absolute atomic E-state index is 13.9. The van der Waals surface area contributed by atoms with E-state index in [1.165, 1.54) is 11.1 Å². The van der Waals surface area contributed by atoms with Gasteiger partial charge in [0.05, 0.1) is 41.2 Å². The van der Waals surface area contributed by atoms with Crippen LogP contribution in [0.15, 0.2) is 91.3 Å². The zero-order valence-electron chi connectivity index (χ0n) is 24.2. The van der Waals surface area contributed by atoms with Gasteiger partial charge < -0.3 is 9.64 Å². The zero-order valence-corrected chi connectivity index (χ0v) is 24.2. The minimum atomic E-state index is -5.04. The third-order valence-corrected chi connectivity index (χ3v) is 7.23. The van der Waals surface area contributed by atoms with Crippen molar-refractivity contribution in [3.63, 3.8) is 0 Å². The topological polar surface area (TPSA) is 60.2 Å². The summed E-state index contributed by atoms with van der Waals surface area (Å²) in [4.78, 5) is 24.2. The van der Waals surface area contributed by atoms with Crippen molar-refractivity contribution in [2.24, 2.45) is 0 Å². The lowest BCUT2D eigenvalue weighted by atomic mass is 10.0. The molecule has 0 aliphatic rings. The Hall–Kier alpha value is -4.87. The first-order chi connectivity index (χ1) is 21.3. The smallest absolute Gasteiger partial charge is 0.416 e.